The minimum atomic E-state index is 0.813. The zero-order valence-electron chi connectivity index (χ0n) is 13.6. The van der Waals surface area contributed by atoms with Gasteiger partial charge in [0.1, 0.15) is 0 Å². The molecule has 0 atom stereocenters. The lowest BCUT2D eigenvalue weighted by atomic mass is 9.95. The van der Waals surface area contributed by atoms with E-state index in [0.717, 1.165) is 41.0 Å². The predicted octanol–water partition coefficient (Wildman–Crippen LogP) is 4.45. The SMILES string of the molecule is CCCc1ccccc1/C(N)=C(\C)C(=NC)c1ccccc1. The minimum Gasteiger partial charge on any atom is -0.398 e. The predicted molar refractivity (Wildman–Crippen MR) is 96.1 cm³/mol. The summed E-state index contributed by atoms with van der Waals surface area (Å²) >= 11 is 0. The second kappa shape index (κ2) is 7.60. The van der Waals surface area contributed by atoms with Gasteiger partial charge in [0.25, 0.3) is 0 Å². The molecule has 2 rings (SSSR count). The summed E-state index contributed by atoms with van der Waals surface area (Å²) in [6, 6.07) is 18.6. The Morgan fingerprint density at radius 3 is 2.27 bits per heavy atom. The second-order valence-corrected chi connectivity index (χ2v) is 5.38. The first-order valence-electron chi connectivity index (χ1n) is 7.76. The molecule has 0 amide bonds. The minimum absolute atomic E-state index is 0.813. The van der Waals surface area contributed by atoms with Crippen LogP contribution in [0.15, 0.2) is 65.2 Å². The van der Waals surface area contributed by atoms with Crippen molar-refractivity contribution in [2.45, 2.75) is 26.7 Å². The van der Waals surface area contributed by atoms with E-state index in [-0.39, 0.29) is 0 Å². The fourth-order valence-corrected chi connectivity index (χ4v) is 2.71. The highest BCUT2D eigenvalue weighted by Gasteiger charge is 2.12. The normalized spacial score (nSPS) is 13.0. The Balaban J connectivity index is 2.49. The zero-order chi connectivity index (χ0) is 15.9. The Hall–Kier alpha value is -2.35. The molecule has 0 aromatic heterocycles. The fourth-order valence-electron chi connectivity index (χ4n) is 2.71. The summed E-state index contributed by atoms with van der Waals surface area (Å²) in [6.07, 6.45) is 2.14. The molecule has 0 saturated carbocycles. The van der Waals surface area contributed by atoms with Gasteiger partial charge in [-0.2, -0.15) is 0 Å². The number of hydrogen-bond donors (Lipinski definition) is 1. The molecule has 0 unspecified atom stereocenters. The average molecular weight is 292 g/mol. The van der Waals surface area contributed by atoms with Crippen molar-refractivity contribution in [2.75, 3.05) is 7.05 Å². The first-order valence-corrected chi connectivity index (χ1v) is 7.76. The van der Waals surface area contributed by atoms with Crippen LogP contribution in [0.3, 0.4) is 0 Å². The van der Waals surface area contributed by atoms with E-state index in [1.165, 1.54) is 5.56 Å². The smallest absolute Gasteiger partial charge is 0.0693 e. The third-order valence-corrected chi connectivity index (χ3v) is 3.86. The van der Waals surface area contributed by atoms with E-state index >= 15 is 0 Å². The van der Waals surface area contributed by atoms with Crippen molar-refractivity contribution in [1.82, 2.24) is 0 Å². The van der Waals surface area contributed by atoms with Crippen LogP contribution in [-0.4, -0.2) is 12.8 Å². The lowest BCUT2D eigenvalue weighted by Crippen LogP contribution is -2.11. The third-order valence-electron chi connectivity index (χ3n) is 3.86. The summed E-state index contributed by atoms with van der Waals surface area (Å²) in [7, 11) is 1.82. The van der Waals surface area contributed by atoms with E-state index in [9.17, 15) is 0 Å². The maximum Gasteiger partial charge on any atom is 0.0693 e. The molecule has 0 heterocycles. The summed E-state index contributed by atoms with van der Waals surface area (Å²) in [6.45, 7) is 4.24. The number of benzene rings is 2. The van der Waals surface area contributed by atoms with Crippen LogP contribution in [0.25, 0.3) is 5.70 Å². The molecule has 0 aliphatic heterocycles. The monoisotopic (exact) mass is 292 g/mol. The molecule has 114 valence electrons. The number of aryl methyl sites for hydroxylation is 1. The summed E-state index contributed by atoms with van der Waals surface area (Å²) in [5.41, 5.74) is 12.8. The van der Waals surface area contributed by atoms with Crippen molar-refractivity contribution in [3.05, 3.63) is 76.9 Å². The number of nitrogens with zero attached hydrogens (tertiary/aromatic N) is 1. The van der Waals surface area contributed by atoms with Crippen LogP contribution in [0, 0.1) is 0 Å². The van der Waals surface area contributed by atoms with Gasteiger partial charge in [-0.05, 0) is 30.0 Å². The van der Waals surface area contributed by atoms with Crippen molar-refractivity contribution in [3.8, 4) is 0 Å². The Bertz CT molecular complexity index is 682. The third kappa shape index (κ3) is 3.45. The molecule has 0 aliphatic rings. The molecule has 2 nitrogen and oxygen atoms in total. The number of nitrogens with two attached hydrogens (primary N) is 1. The van der Waals surface area contributed by atoms with Gasteiger partial charge < -0.3 is 5.73 Å². The second-order valence-electron chi connectivity index (χ2n) is 5.38. The van der Waals surface area contributed by atoms with Crippen LogP contribution in [0.2, 0.25) is 0 Å². The Morgan fingerprint density at radius 2 is 1.64 bits per heavy atom. The number of aliphatic imine (C=N–C) groups is 1. The standard InChI is InChI=1S/C20H24N2/c1-4-10-16-11-8-9-14-18(16)19(21)15(2)20(22-3)17-12-6-5-7-13-17/h5-9,11-14H,4,10,21H2,1-3H3/b19-15-,22-20?. The van der Waals surface area contributed by atoms with Crippen LogP contribution < -0.4 is 5.73 Å². The highest BCUT2D eigenvalue weighted by Crippen LogP contribution is 2.22. The Kier molecular flexibility index (Phi) is 5.54. The van der Waals surface area contributed by atoms with Crippen LogP contribution in [-0.2, 0) is 6.42 Å². The van der Waals surface area contributed by atoms with Gasteiger partial charge >= 0.3 is 0 Å². The van der Waals surface area contributed by atoms with Crippen molar-refractivity contribution >= 4 is 11.4 Å². The molecule has 0 bridgehead atoms. The first kappa shape index (κ1) is 16.0. The maximum absolute atomic E-state index is 6.48. The van der Waals surface area contributed by atoms with E-state index in [2.05, 4.69) is 42.2 Å². The largest absolute Gasteiger partial charge is 0.398 e. The van der Waals surface area contributed by atoms with Gasteiger partial charge in [0.15, 0.2) is 0 Å². The molecule has 0 aliphatic carbocycles. The van der Waals surface area contributed by atoms with Gasteiger partial charge in [-0.1, -0.05) is 67.9 Å². The Labute approximate surface area is 133 Å². The molecular weight excluding hydrogens is 268 g/mol. The summed E-state index contributed by atoms with van der Waals surface area (Å²) < 4.78 is 0. The van der Waals surface area contributed by atoms with E-state index in [0.29, 0.717) is 0 Å². The Morgan fingerprint density at radius 1 is 1.00 bits per heavy atom. The van der Waals surface area contributed by atoms with Crippen LogP contribution in [0.1, 0.15) is 37.0 Å². The van der Waals surface area contributed by atoms with Gasteiger partial charge in [0, 0.05) is 18.3 Å². The van der Waals surface area contributed by atoms with Crippen LogP contribution in [0.5, 0.6) is 0 Å². The van der Waals surface area contributed by atoms with E-state index in [1.807, 2.05) is 38.2 Å². The summed E-state index contributed by atoms with van der Waals surface area (Å²) in [5.74, 6) is 0. The molecule has 2 aromatic rings. The molecule has 22 heavy (non-hydrogen) atoms. The molecule has 2 N–H and O–H groups in total. The number of hydrogen-bond acceptors (Lipinski definition) is 2. The first-order chi connectivity index (χ1) is 10.7. The van der Waals surface area contributed by atoms with Gasteiger partial charge in [0.05, 0.1) is 5.71 Å². The summed E-state index contributed by atoms with van der Waals surface area (Å²) in [5, 5.41) is 0. The molecule has 2 heteroatoms. The van der Waals surface area contributed by atoms with Crippen molar-refractivity contribution < 1.29 is 0 Å². The van der Waals surface area contributed by atoms with E-state index < -0.39 is 0 Å². The van der Waals surface area contributed by atoms with Gasteiger partial charge in [-0.3, -0.25) is 4.99 Å². The van der Waals surface area contributed by atoms with E-state index in [1.54, 1.807) is 0 Å². The molecule has 0 fully saturated rings. The highest BCUT2D eigenvalue weighted by molar-refractivity contribution is 6.15. The van der Waals surface area contributed by atoms with E-state index in [4.69, 9.17) is 5.73 Å². The fraction of sp³-hybridized carbons (Fsp3) is 0.250. The van der Waals surface area contributed by atoms with Gasteiger partial charge in [0.2, 0.25) is 0 Å². The molecule has 0 spiro atoms. The highest BCUT2D eigenvalue weighted by atomic mass is 14.7. The van der Waals surface area contributed by atoms with Gasteiger partial charge in [-0.25, -0.2) is 0 Å². The van der Waals surface area contributed by atoms with Crippen molar-refractivity contribution in [2.24, 2.45) is 10.7 Å². The molecular formula is C20H24N2. The van der Waals surface area contributed by atoms with Gasteiger partial charge in [-0.15, -0.1) is 0 Å². The topological polar surface area (TPSA) is 38.4 Å². The number of allylic oxidation sites excluding steroid dienone is 1. The average Bonchev–Trinajstić information content (AvgIpc) is 2.56. The van der Waals surface area contributed by atoms with Crippen molar-refractivity contribution in [3.63, 3.8) is 0 Å². The molecule has 0 radical (unpaired) electrons. The zero-order valence-corrected chi connectivity index (χ0v) is 13.6. The summed E-state index contributed by atoms with van der Waals surface area (Å²) in [4.78, 5) is 4.46. The quantitative estimate of drug-likeness (QED) is 0.812. The lowest BCUT2D eigenvalue weighted by Gasteiger charge is -2.14. The number of rotatable bonds is 5. The maximum atomic E-state index is 6.48. The lowest BCUT2D eigenvalue weighted by molar-refractivity contribution is 0.917. The van der Waals surface area contributed by atoms with Crippen LogP contribution >= 0.6 is 0 Å². The van der Waals surface area contributed by atoms with Crippen molar-refractivity contribution in [1.29, 1.82) is 0 Å². The van der Waals surface area contributed by atoms with Crippen LogP contribution in [0.4, 0.5) is 0 Å². The molecule has 0 saturated heterocycles. The molecule has 2 aromatic carbocycles.